The molecule has 0 aromatic heterocycles. The van der Waals surface area contributed by atoms with Gasteiger partial charge >= 0.3 is 5.97 Å². The summed E-state index contributed by atoms with van der Waals surface area (Å²) in [7, 11) is 0. The Balaban J connectivity index is 3.35. The van der Waals surface area contributed by atoms with Crippen molar-refractivity contribution < 1.29 is 14.5 Å². The molecule has 0 radical (unpaired) electrons. The summed E-state index contributed by atoms with van der Waals surface area (Å²) < 4.78 is 5.14. The number of nitro groups is 1. The Labute approximate surface area is 101 Å². The first-order valence-electron chi connectivity index (χ1n) is 4.59. The molecule has 5 nitrogen and oxygen atoms in total. The zero-order valence-corrected chi connectivity index (χ0v) is 10.4. The second-order valence-corrected chi connectivity index (χ2v) is 3.97. The quantitative estimate of drug-likeness (QED) is 0.487. The number of esters is 1. The van der Waals surface area contributed by atoms with Crippen LogP contribution in [0, 0.1) is 17.0 Å². The summed E-state index contributed by atoms with van der Waals surface area (Å²) in [6.45, 7) is 3.54. The third-order valence-corrected chi connectivity index (χ3v) is 2.52. The van der Waals surface area contributed by atoms with Crippen LogP contribution < -0.4 is 0 Å². The van der Waals surface area contributed by atoms with Crippen LogP contribution >= 0.6 is 15.9 Å². The van der Waals surface area contributed by atoms with Gasteiger partial charge < -0.3 is 4.74 Å². The maximum Gasteiger partial charge on any atom is 0.346 e. The summed E-state index contributed by atoms with van der Waals surface area (Å²) in [5.74, 6) is -0.693. The van der Waals surface area contributed by atoms with Crippen molar-refractivity contribution in [3.63, 3.8) is 0 Å². The lowest BCUT2D eigenvalue weighted by atomic mass is 10.1. The van der Waals surface area contributed by atoms with Crippen molar-refractivity contribution in [2.24, 2.45) is 0 Å². The molecule has 86 valence electrons. The van der Waals surface area contributed by atoms with Gasteiger partial charge in [-0.2, -0.15) is 0 Å². The number of rotatable bonds is 3. The second-order valence-electron chi connectivity index (χ2n) is 3.12. The van der Waals surface area contributed by atoms with E-state index in [-0.39, 0.29) is 17.9 Å². The Kier molecular flexibility index (Phi) is 4.00. The van der Waals surface area contributed by atoms with Crippen LogP contribution in [0.25, 0.3) is 0 Å². The number of nitrogens with zero attached hydrogens (tertiary/aromatic N) is 1. The van der Waals surface area contributed by atoms with E-state index in [9.17, 15) is 14.9 Å². The van der Waals surface area contributed by atoms with E-state index in [0.29, 0.717) is 10.0 Å². The van der Waals surface area contributed by atoms with Crippen LogP contribution in [-0.2, 0) is 4.74 Å². The molecule has 0 fully saturated rings. The summed E-state index contributed by atoms with van der Waals surface area (Å²) in [5, 5.41) is 10.8. The van der Waals surface area contributed by atoms with Gasteiger partial charge in [-0.25, -0.2) is 4.79 Å². The van der Waals surface area contributed by atoms with E-state index < -0.39 is 10.9 Å². The summed E-state index contributed by atoms with van der Waals surface area (Å²) in [4.78, 5) is 21.8. The van der Waals surface area contributed by atoms with Gasteiger partial charge in [0.15, 0.2) is 5.56 Å². The number of carbonyl (C=O) groups excluding carboxylic acids is 1. The predicted octanol–water partition coefficient (Wildman–Crippen LogP) is 2.84. The zero-order valence-electron chi connectivity index (χ0n) is 8.82. The number of carbonyl (C=O) groups is 1. The second kappa shape index (κ2) is 5.07. The SMILES string of the molecule is CCOC(=O)c1c(Br)cc(C)cc1[N+](=O)[O-]. The maximum atomic E-state index is 11.5. The molecule has 0 spiro atoms. The van der Waals surface area contributed by atoms with Crippen molar-refractivity contribution in [2.45, 2.75) is 13.8 Å². The van der Waals surface area contributed by atoms with E-state index in [1.807, 2.05) is 0 Å². The van der Waals surface area contributed by atoms with Crippen LogP contribution in [-0.4, -0.2) is 17.5 Å². The molecule has 1 rings (SSSR count). The van der Waals surface area contributed by atoms with Crippen LogP contribution in [0.3, 0.4) is 0 Å². The first kappa shape index (κ1) is 12.6. The number of hydrogen-bond donors (Lipinski definition) is 0. The lowest BCUT2D eigenvalue weighted by molar-refractivity contribution is -0.385. The minimum atomic E-state index is -0.693. The molecule has 0 bridgehead atoms. The molecule has 0 saturated heterocycles. The lowest BCUT2D eigenvalue weighted by Crippen LogP contribution is -2.09. The Bertz CT molecular complexity index is 445. The van der Waals surface area contributed by atoms with Gasteiger partial charge in [0, 0.05) is 10.5 Å². The standard InChI is InChI=1S/C10H10BrNO4/c1-3-16-10(13)9-7(11)4-6(2)5-8(9)12(14)15/h4-5H,3H2,1-2H3. The van der Waals surface area contributed by atoms with Gasteiger partial charge in [0.25, 0.3) is 5.69 Å². The van der Waals surface area contributed by atoms with Crippen molar-refractivity contribution >= 4 is 27.6 Å². The molecule has 0 aliphatic carbocycles. The lowest BCUT2D eigenvalue weighted by Gasteiger charge is -2.06. The Morgan fingerprint density at radius 3 is 2.69 bits per heavy atom. The van der Waals surface area contributed by atoms with Crippen molar-refractivity contribution in [2.75, 3.05) is 6.61 Å². The minimum Gasteiger partial charge on any atom is -0.462 e. The van der Waals surface area contributed by atoms with Crippen LogP contribution in [0.2, 0.25) is 0 Å². The highest BCUT2D eigenvalue weighted by Gasteiger charge is 2.24. The molecule has 1 aromatic carbocycles. The van der Waals surface area contributed by atoms with Gasteiger partial charge in [-0.1, -0.05) is 0 Å². The average Bonchev–Trinajstić information content (AvgIpc) is 2.16. The number of nitro benzene ring substituents is 1. The molecule has 0 amide bonds. The monoisotopic (exact) mass is 287 g/mol. The normalized spacial score (nSPS) is 9.94. The molecular weight excluding hydrogens is 278 g/mol. The highest BCUT2D eigenvalue weighted by atomic mass is 79.9. The fourth-order valence-electron chi connectivity index (χ4n) is 1.27. The Morgan fingerprint density at radius 1 is 1.56 bits per heavy atom. The number of ether oxygens (including phenoxy) is 1. The molecule has 0 aliphatic heterocycles. The number of halogens is 1. The number of aryl methyl sites for hydroxylation is 1. The highest BCUT2D eigenvalue weighted by molar-refractivity contribution is 9.10. The smallest absolute Gasteiger partial charge is 0.346 e. The molecular formula is C10H10BrNO4. The van der Waals surface area contributed by atoms with Crippen LogP contribution in [0.5, 0.6) is 0 Å². The summed E-state index contributed by atoms with van der Waals surface area (Å²) >= 11 is 3.13. The summed E-state index contributed by atoms with van der Waals surface area (Å²) in [5.41, 5.74) is 0.411. The number of hydrogen-bond acceptors (Lipinski definition) is 4. The summed E-state index contributed by atoms with van der Waals surface area (Å²) in [6, 6.07) is 2.98. The van der Waals surface area contributed by atoms with Gasteiger partial charge in [-0.3, -0.25) is 10.1 Å². The van der Waals surface area contributed by atoms with Gasteiger partial charge in [0.1, 0.15) is 0 Å². The molecule has 0 unspecified atom stereocenters. The predicted molar refractivity (Wildman–Crippen MR) is 61.5 cm³/mol. The van der Waals surface area contributed by atoms with Gasteiger partial charge in [-0.05, 0) is 41.4 Å². The minimum absolute atomic E-state index is 0.0440. The fourth-order valence-corrected chi connectivity index (χ4v) is 2.00. The van der Waals surface area contributed by atoms with Crippen molar-refractivity contribution in [1.29, 1.82) is 0 Å². The topological polar surface area (TPSA) is 69.4 Å². The van der Waals surface area contributed by atoms with E-state index in [0.717, 1.165) is 0 Å². The first-order valence-corrected chi connectivity index (χ1v) is 5.38. The van der Waals surface area contributed by atoms with Gasteiger partial charge in [0.05, 0.1) is 11.5 Å². The molecule has 0 heterocycles. The third kappa shape index (κ3) is 2.57. The highest BCUT2D eigenvalue weighted by Crippen LogP contribution is 2.29. The molecule has 6 heteroatoms. The molecule has 1 aromatic rings. The number of benzene rings is 1. The van der Waals surface area contributed by atoms with E-state index in [1.54, 1.807) is 19.9 Å². The van der Waals surface area contributed by atoms with E-state index >= 15 is 0 Å². The Morgan fingerprint density at radius 2 is 2.19 bits per heavy atom. The van der Waals surface area contributed by atoms with Gasteiger partial charge in [-0.15, -0.1) is 0 Å². The van der Waals surface area contributed by atoms with Crippen molar-refractivity contribution in [3.8, 4) is 0 Å². The molecule has 0 saturated carbocycles. The molecule has 0 N–H and O–H groups in total. The van der Waals surface area contributed by atoms with Crippen LogP contribution in [0.15, 0.2) is 16.6 Å². The van der Waals surface area contributed by atoms with E-state index in [1.165, 1.54) is 6.07 Å². The molecule has 0 aliphatic rings. The fraction of sp³-hybridized carbons (Fsp3) is 0.300. The third-order valence-electron chi connectivity index (χ3n) is 1.89. The van der Waals surface area contributed by atoms with E-state index in [4.69, 9.17) is 4.74 Å². The molecule has 0 atom stereocenters. The van der Waals surface area contributed by atoms with E-state index in [2.05, 4.69) is 15.9 Å². The van der Waals surface area contributed by atoms with Crippen LogP contribution in [0.1, 0.15) is 22.8 Å². The van der Waals surface area contributed by atoms with Gasteiger partial charge in [0.2, 0.25) is 0 Å². The zero-order chi connectivity index (χ0) is 12.3. The summed E-state index contributed by atoms with van der Waals surface area (Å²) in [6.07, 6.45) is 0. The Hall–Kier alpha value is -1.43. The largest absolute Gasteiger partial charge is 0.462 e. The van der Waals surface area contributed by atoms with Crippen molar-refractivity contribution in [3.05, 3.63) is 37.8 Å². The maximum absolute atomic E-state index is 11.5. The first-order chi connectivity index (χ1) is 7.47. The van der Waals surface area contributed by atoms with Crippen molar-refractivity contribution in [1.82, 2.24) is 0 Å². The van der Waals surface area contributed by atoms with Crippen LogP contribution in [0.4, 0.5) is 5.69 Å². The molecule has 16 heavy (non-hydrogen) atoms. The average molecular weight is 288 g/mol.